The van der Waals surface area contributed by atoms with Crippen LogP contribution in [0.4, 0.5) is 16.3 Å². The number of aromatic nitrogens is 1. The van der Waals surface area contributed by atoms with E-state index in [1.807, 2.05) is 32.9 Å². The van der Waals surface area contributed by atoms with Gasteiger partial charge >= 0.3 is 6.03 Å². The Kier molecular flexibility index (Phi) is 6.71. The van der Waals surface area contributed by atoms with Crippen LogP contribution >= 0.6 is 0 Å². The lowest BCUT2D eigenvalue weighted by molar-refractivity contribution is 0.252. The molecule has 0 radical (unpaired) electrons. The number of carbonyl (C=O) groups excluding carboxylic acids is 1. The second kappa shape index (κ2) is 9.61. The molecule has 0 bridgehead atoms. The molecule has 3 aromatic rings. The lowest BCUT2D eigenvalue weighted by Gasteiger charge is -2.12. The number of carbonyl (C=O) groups is 1. The molecule has 0 spiro atoms. The quantitative estimate of drug-likeness (QED) is 0.509. The largest absolute Gasteiger partial charge is 0.494 e. The Bertz CT molecular complexity index is 1090. The van der Waals surface area contributed by atoms with Crippen LogP contribution in [0.5, 0.6) is 5.75 Å². The van der Waals surface area contributed by atoms with E-state index in [1.165, 1.54) is 0 Å². The molecule has 2 amide bonds. The molecular weight excluding hydrogens is 378 g/mol. The van der Waals surface area contributed by atoms with Gasteiger partial charge in [-0.3, -0.25) is 0 Å². The number of nitrogens with zero attached hydrogens (tertiary/aromatic N) is 2. The van der Waals surface area contributed by atoms with Gasteiger partial charge in [0.1, 0.15) is 17.6 Å². The summed E-state index contributed by atoms with van der Waals surface area (Å²) in [5.41, 5.74) is 4.21. The molecule has 154 valence electrons. The van der Waals surface area contributed by atoms with Crippen LogP contribution in [0.15, 0.2) is 42.5 Å². The summed E-state index contributed by atoms with van der Waals surface area (Å²) in [4.78, 5) is 16.7. The zero-order valence-electron chi connectivity index (χ0n) is 17.4. The molecule has 3 rings (SSSR count). The molecule has 2 aromatic carbocycles. The fraction of sp³-hybridized carbons (Fsp3) is 0.261. The SMILES string of the molecule is CCOc1ccc(NC(=O)NCCNc2nc3cc(C)cc(C)c3cc2C#N)cc1. The Hall–Kier alpha value is -3.79. The molecule has 0 saturated heterocycles. The molecule has 7 nitrogen and oxygen atoms in total. The van der Waals surface area contributed by atoms with E-state index >= 15 is 0 Å². The van der Waals surface area contributed by atoms with Gasteiger partial charge in [0.15, 0.2) is 0 Å². The van der Waals surface area contributed by atoms with E-state index in [2.05, 4.69) is 33.1 Å². The predicted octanol–water partition coefficient (Wildman–Crippen LogP) is 4.36. The number of amides is 2. The number of hydrogen-bond acceptors (Lipinski definition) is 5. The molecule has 0 unspecified atom stereocenters. The number of nitriles is 1. The summed E-state index contributed by atoms with van der Waals surface area (Å²) >= 11 is 0. The van der Waals surface area contributed by atoms with Crippen molar-refractivity contribution in [3.8, 4) is 11.8 Å². The summed E-state index contributed by atoms with van der Waals surface area (Å²) in [6, 6.07) is 15.0. The highest BCUT2D eigenvalue weighted by Gasteiger charge is 2.09. The van der Waals surface area contributed by atoms with Gasteiger partial charge in [-0.15, -0.1) is 0 Å². The van der Waals surface area contributed by atoms with Gasteiger partial charge in [0, 0.05) is 24.2 Å². The van der Waals surface area contributed by atoms with E-state index in [4.69, 9.17) is 4.74 Å². The van der Waals surface area contributed by atoms with Crippen LogP contribution in [0.3, 0.4) is 0 Å². The first-order valence-corrected chi connectivity index (χ1v) is 9.84. The number of hydrogen-bond donors (Lipinski definition) is 3. The molecule has 1 aromatic heterocycles. The molecule has 0 saturated carbocycles. The van der Waals surface area contributed by atoms with E-state index in [0.29, 0.717) is 36.8 Å². The summed E-state index contributed by atoms with van der Waals surface area (Å²) in [7, 11) is 0. The number of urea groups is 1. The van der Waals surface area contributed by atoms with Crippen LogP contribution in [0.25, 0.3) is 10.9 Å². The minimum absolute atomic E-state index is 0.306. The second-order valence-corrected chi connectivity index (χ2v) is 6.91. The Morgan fingerprint density at radius 1 is 1.13 bits per heavy atom. The van der Waals surface area contributed by atoms with Crippen molar-refractivity contribution in [1.82, 2.24) is 10.3 Å². The van der Waals surface area contributed by atoms with Crippen LogP contribution in [0.1, 0.15) is 23.6 Å². The second-order valence-electron chi connectivity index (χ2n) is 6.91. The maximum atomic E-state index is 12.1. The molecule has 0 atom stereocenters. The zero-order valence-corrected chi connectivity index (χ0v) is 17.4. The first-order chi connectivity index (χ1) is 14.5. The lowest BCUT2D eigenvalue weighted by atomic mass is 10.0. The normalized spacial score (nSPS) is 10.3. The van der Waals surface area contributed by atoms with Crippen LogP contribution in [-0.2, 0) is 0 Å². The van der Waals surface area contributed by atoms with Gasteiger partial charge in [0.05, 0.1) is 17.7 Å². The summed E-state index contributed by atoms with van der Waals surface area (Å²) in [6.45, 7) is 7.36. The average molecular weight is 403 g/mol. The Labute approximate surface area is 176 Å². The van der Waals surface area contributed by atoms with E-state index in [1.54, 1.807) is 24.3 Å². The number of aryl methyl sites for hydroxylation is 2. The van der Waals surface area contributed by atoms with Crippen LogP contribution in [0.2, 0.25) is 0 Å². The predicted molar refractivity (Wildman–Crippen MR) is 119 cm³/mol. The van der Waals surface area contributed by atoms with Crippen molar-refractivity contribution >= 4 is 28.4 Å². The maximum absolute atomic E-state index is 12.1. The van der Waals surface area contributed by atoms with Crippen LogP contribution < -0.4 is 20.7 Å². The topological polar surface area (TPSA) is 99.1 Å². The van der Waals surface area contributed by atoms with Gasteiger partial charge in [0.25, 0.3) is 0 Å². The molecule has 3 N–H and O–H groups in total. The fourth-order valence-electron chi connectivity index (χ4n) is 3.18. The number of benzene rings is 2. The van der Waals surface area contributed by atoms with Gasteiger partial charge in [-0.1, -0.05) is 6.07 Å². The Balaban J connectivity index is 1.55. The minimum atomic E-state index is -0.306. The molecule has 0 aliphatic rings. The van der Waals surface area contributed by atoms with Crippen molar-refractivity contribution in [2.75, 3.05) is 30.3 Å². The van der Waals surface area contributed by atoms with Crippen molar-refractivity contribution in [1.29, 1.82) is 5.26 Å². The molecule has 0 aliphatic carbocycles. The zero-order chi connectivity index (χ0) is 21.5. The highest BCUT2D eigenvalue weighted by molar-refractivity contribution is 5.89. The standard InChI is InChI=1S/C23H25N5O2/c1-4-30-19-7-5-18(6-8-19)27-23(29)26-10-9-25-22-17(14-24)13-20-16(3)11-15(2)12-21(20)28-22/h5-8,11-13H,4,9-10H2,1-3H3,(H,25,28)(H2,26,27,29). The molecular formula is C23H25N5O2. The van der Waals surface area contributed by atoms with Crippen LogP contribution in [0, 0.1) is 25.2 Å². The van der Waals surface area contributed by atoms with Crippen molar-refractivity contribution in [3.05, 3.63) is 59.2 Å². The molecule has 7 heteroatoms. The van der Waals surface area contributed by atoms with Gasteiger partial charge in [-0.05, 0) is 68.3 Å². The van der Waals surface area contributed by atoms with Gasteiger partial charge in [-0.25, -0.2) is 9.78 Å². The highest BCUT2D eigenvalue weighted by Crippen LogP contribution is 2.24. The average Bonchev–Trinajstić information content (AvgIpc) is 2.72. The maximum Gasteiger partial charge on any atom is 0.319 e. The van der Waals surface area contributed by atoms with E-state index in [9.17, 15) is 10.1 Å². The first-order valence-electron chi connectivity index (χ1n) is 9.84. The van der Waals surface area contributed by atoms with Crippen molar-refractivity contribution in [3.63, 3.8) is 0 Å². The number of pyridine rings is 1. The number of nitrogens with one attached hydrogen (secondary N) is 3. The monoisotopic (exact) mass is 403 g/mol. The third-order valence-corrected chi connectivity index (χ3v) is 4.53. The summed E-state index contributed by atoms with van der Waals surface area (Å²) in [6.07, 6.45) is 0. The number of ether oxygens (including phenoxy) is 1. The van der Waals surface area contributed by atoms with Gasteiger partial charge in [-0.2, -0.15) is 5.26 Å². The summed E-state index contributed by atoms with van der Waals surface area (Å²) in [5, 5.41) is 19.1. The number of anilines is 2. The molecule has 0 fully saturated rings. The third kappa shape index (κ3) is 5.17. The smallest absolute Gasteiger partial charge is 0.319 e. The summed E-state index contributed by atoms with van der Waals surface area (Å²) in [5.74, 6) is 1.28. The van der Waals surface area contributed by atoms with Crippen LogP contribution in [-0.4, -0.2) is 30.7 Å². The lowest BCUT2D eigenvalue weighted by Crippen LogP contribution is -2.32. The highest BCUT2D eigenvalue weighted by atomic mass is 16.5. The van der Waals surface area contributed by atoms with E-state index < -0.39 is 0 Å². The molecule has 30 heavy (non-hydrogen) atoms. The molecule has 0 aliphatic heterocycles. The van der Waals surface area contributed by atoms with Crippen molar-refractivity contribution in [2.45, 2.75) is 20.8 Å². The van der Waals surface area contributed by atoms with Crippen molar-refractivity contribution < 1.29 is 9.53 Å². The molecule has 1 heterocycles. The van der Waals surface area contributed by atoms with Crippen molar-refractivity contribution in [2.24, 2.45) is 0 Å². The Morgan fingerprint density at radius 2 is 1.90 bits per heavy atom. The minimum Gasteiger partial charge on any atom is -0.494 e. The van der Waals surface area contributed by atoms with Gasteiger partial charge in [0.2, 0.25) is 0 Å². The van der Waals surface area contributed by atoms with E-state index in [0.717, 1.165) is 27.8 Å². The van der Waals surface area contributed by atoms with Gasteiger partial charge < -0.3 is 20.7 Å². The van der Waals surface area contributed by atoms with E-state index in [-0.39, 0.29) is 6.03 Å². The summed E-state index contributed by atoms with van der Waals surface area (Å²) < 4.78 is 5.38. The third-order valence-electron chi connectivity index (χ3n) is 4.53. The number of rotatable bonds is 7. The first kappa shape index (κ1) is 20.9. The number of fused-ring (bicyclic) bond motifs is 1. The Morgan fingerprint density at radius 3 is 2.60 bits per heavy atom. The fourth-order valence-corrected chi connectivity index (χ4v) is 3.18.